The van der Waals surface area contributed by atoms with Crippen molar-refractivity contribution >= 4 is 27.3 Å². The van der Waals surface area contributed by atoms with E-state index in [4.69, 9.17) is 4.74 Å². The molecule has 2 aromatic heterocycles. The highest BCUT2D eigenvalue weighted by atomic mass is 79.9. The lowest BCUT2D eigenvalue weighted by Gasteiger charge is -2.06. The van der Waals surface area contributed by atoms with Crippen molar-refractivity contribution in [1.29, 1.82) is 0 Å². The van der Waals surface area contributed by atoms with Crippen LogP contribution in [0.3, 0.4) is 0 Å². The van der Waals surface area contributed by atoms with E-state index in [1.165, 1.54) is 6.07 Å². The van der Waals surface area contributed by atoms with Gasteiger partial charge in [-0.2, -0.15) is 4.39 Å². The largest absolute Gasteiger partial charge is 0.436 e. The number of benzene rings is 1. The number of rotatable bonds is 3. The highest BCUT2D eigenvalue weighted by Gasteiger charge is 2.16. The van der Waals surface area contributed by atoms with E-state index in [9.17, 15) is 14.5 Å². The number of hydrogen-bond donors (Lipinski definition) is 0. The Hall–Kier alpha value is -2.55. The van der Waals surface area contributed by atoms with Crippen molar-refractivity contribution in [3.8, 4) is 11.6 Å². The maximum absolute atomic E-state index is 13.6. The third-order valence-corrected chi connectivity index (χ3v) is 3.03. The van der Waals surface area contributed by atoms with Gasteiger partial charge < -0.3 is 4.74 Å². The van der Waals surface area contributed by atoms with Crippen LogP contribution in [0.2, 0.25) is 0 Å². The molecule has 3 aromatic rings. The fraction of sp³-hybridized carbons (Fsp3) is 0. The van der Waals surface area contributed by atoms with Gasteiger partial charge in [-0.05, 0) is 22.0 Å². The predicted octanol–water partition coefficient (Wildman–Crippen LogP) is 3.33. The fourth-order valence-electron chi connectivity index (χ4n) is 1.75. The summed E-state index contributed by atoms with van der Waals surface area (Å²) in [7, 11) is 0. The van der Waals surface area contributed by atoms with Gasteiger partial charge in [0.15, 0.2) is 0 Å². The number of fused-ring (bicyclic) bond motifs is 1. The molecule has 0 unspecified atom stereocenters. The molecule has 106 valence electrons. The molecule has 0 saturated heterocycles. The Bertz CT molecular complexity index is 852. The number of hydrogen-bond acceptors (Lipinski definition) is 5. The summed E-state index contributed by atoms with van der Waals surface area (Å²) in [5.41, 5.74) is -0.174. The first kappa shape index (κ1) is 13.4. The minimum absolute atomic E-state index is 0.0913. The molecule has 0 aliphatic heterocycles. The average Bonchev–Trinajstić information content (AvgIpc) is 2.86. The molecule has 2 heterocycles. The Kier molecular flexibility index (Phi) is 3.26. The van der Waals surface area contributed by atoms with Crippen molar-refractivity contribution in [2.75, 3.05) is 0 Å². The maximum atomic E-state index is 13.6. The smallest absolute Gasteiger partial charge is 0.305 e. The van der Waals surface area contributed by atoms with E-state index >= 15 is 0 Å². The summed E-state index contributed by atoms with van der Waals surface area (Å²) in [5.74, 6) is -0.733. The van der Waals surface area contributed by atoms with Crippen molar-refractivity contribution in [1.82, 2.24) is 14.4 Å². The zero-order chi connectivity index (χ0) is 15.0. The molecule has 0 amide bonds. The quantitative estimate of drug-likeness (QED) is 0.533. The van der Waals surface area contributed by atoms with Crippen LogP contribution >= 0.6 is 15.9 Å². The van der Waals surface area contributed by atoms with E-state index in [0.29, 0.717) is 10.3 Å². The number of nitrogens with zero attached hydrogens (tertiary/aromatic N) is 4. The van der Waals surface area contributed by atoms with E-state index in [1.54, 1.807) is 23.0 Å². The van der Waals surface area contributed by atoms with Gasteiger partial charge in [0, 0.05) is 30.7 Å². The van der Waals surface area contributed by atoms with Gasteiger partial charge >= 0.3 is 5.69 Å². The number of halogens is 2. The molecule has 1 aromatic carbocycles. The van der Waals surface area contributed by atoms with Crippen LogP contribution in [0.1, 0.15) is 0 Å². The first-order valence-electron chi connectivity index (χ1n) is 5.65. The van der Waals surface area contributed by atoms with Gasteiger partial charge in [-0.1, -0.05) is 0 Å². The number of nitro groups is 1. The van der Waals surface area contributed by atoms with Crippen LogP contribution in [0.15, 0.2) is 41.4 Å². The summed E-state index contributed by atoms with van der Waals surface area (Å²) in [6.45, 7) is 0. The first-order chi connectivity index (χ1) is 10.0. The van der Waals surface area contributed by atoms with Crippen molar-refractivity contribution in [3.05, 3.63) is 57.3 Å². The number of nitro benzene ring substituents is 1. The van der Waals surface area contributed by atoms with E-state index in [0.717, 1.165) is 12.1 Å². The van der Waals surface area contributed by atoms with E-state index < -0.39 is 16.4 Å². The molecular weight excluding hydrogens is 347 g/mol. The standard InChI is InChI=1S/C12H6BrFN4O3/c13-10-6-17-4-3-15-11(17)12(16-10)21-7-1-2-9(18(19)20)8(14)5-7/h1-6H. The topological polar surface area (TPSA) is 82.6 Å². The second-order valence-corrected chi connectivity index (χ2v) is 4.81. The van der Waals surface area contributed by atoms with Crippen molar-refractivity contribution in [2.45, 2.75) is 0 Å². The van der Waals surface area contributed by atoms with Crippen LogP contribution in [0.5, 0.6) is 11.6 Å². The number of aromatic nitrogens is 3. The molecule has 0 N–H and O–H groups in total. The summed E-state index contributed by atoms with van der Waals surface area (Å²) in [5, 5.41) is 10.6. The lowest BCUT2D eigenvalue weighted by Crippen LogP contribution is -1.96. The summed E-state index contributed by atoms with van der Waals surface area (Å²) in [4.78, 5) is 18.0. The average molecular weight is 353 g/mol. The molecule has 0 atom stereocenters. The second kappa shape index (κ2) is 5.09. The van der Waals surface area contributed by atoms with Gasteiger partial charge in [0.1, 0.15) is 10.4 Å². The molecule has 0 saturated carbocycles. The number of imidazole rings is 1. The van der Waals surface area contributed by atoms with Gasteiger partial charge in [0.2, 0.25) is 11.5 Å². The molecule has 0 aliphatic carbocycles. The molecule has 21 heavy (non-hydrogen) atoms. The van der Waals surface area contributed by atoms with Crippen molar-refractivity contribution in [2.24, 2.45) is 0 Å². The van der Waals surface area contributed by atoms with E-state index in [2.05, 4.69) is 25.9 Å². The molecule has 3 rings (SSSR count). The monoisotopic (exact) mass is 352 g/mol. The minimum Gasteiger partial charge on any atom is -0.436 e. The lowest BCUT2D eigenvalue weighted by molar-refractivity contribution is -0.387. The highest BCUT2D eigenvalue weighted by Crippen LogP contribution is 2.28. The SMILES string of the molecule is O=[N+]([O-])c1ccc(Oc2nc(Br)cn3ccnc23)cc1F. The van der Waals surface area contributed by atoms with Crippen LogP contribution in [0, 0.1) is 15.9 Å². The Balaban J connectivity index is 2.00. The minimum atomic E-state index is -0.980. The van der Waals surface area contributed by atoms with Crippen LogP contribution in [-0.2, 0) is 0 Å². The third-order valence-electron chi connectivity index (χ3n) is 2.64. The number of ether oxygens (including phenoxy) is 1. The van der Waals surface area contributed by atoms with Gasteiger partial charge in [-0.15, -0.1) is 0 Å². The Morgan fingerprint density at radius 2 is 2.24 bits per heavy atom. The molecule has 0 spiro atoms. The van der Waals surface area contributed by atoms with Gasteiger partial charge in [0.05, 0.1) is 4.92 Å². The Morgan fingerprint density at radius 3 is 2.95 bits per heavy atom. The van der Waals surface area contributed by atoms with Crippen molar-refractivity contribution < 1.29 is 14.1 Å². The lowest BCUT2D eigenvalue weighted by atomic mass is 10.3. The first-order valence-corrected chi connectivity index (χ1v) is 6.45. The zero-order valence-electron chi connectivity index (χ0n) is 10.2. The Labute approximate surface area is 125 Å². The summed E-state index contributed by atoms with van der Waals surface area (Å²) in [6.07, 6.45) is 4.95. The maximum Gasteiger partial charge on any atom is 0.305 e. The molecule has 7 nitrogen and oxygen atoms in total. The van der Waals surface area contributed by atoms with Crippen LogP contribution in [0.25, 0.3) is 5.65 Å². The van der Waals surface area contributed by atoms with E-state index in [-0.39, 0.29) is 11.6 Å². The summed E-state index contributed by atoms with van der Waals surface area (Å²) in [6, 6.07) is 3.26. The van der Waals surface area contributed by atoms with Gasteiger partial charge in [-0.3, -0.25) is 14.5 Å². The highest BCUT2D eigenvalue weighted by molar-refractivity contribution is 9.10. The molecule has 9 heteroatoms. The van der Waals surface area contributed by atoms with Crippen molar-refractivity contribution in [3.63, 3.8) is 0 Å². The van der Waals surface area contributed by atoms with E-state index in [1.807, 2.05) is 0 Å². The molecular formula is C12H6BrFN4O3. The van der Waals surface area contributed by atoms with Gasteiger partial charge in [0.25, 0.3) is 5.88 Å². The van der Waals surface area contributed by atoms with Crippen LogP contribution < -0.4 is 4.74 Å². The van der Waals surface area contributed by atoms with Crippen LogP contribution in [0.4, 0.5) is 10.1 Å². The predicted molar refractivity (Wildman–Crippen MR) is 73.8 cm³/mol. The third kappa shape index (κ3) is 2.55. The Morgan fingerprint density at radius 1 is 1.43 bits per heavy atom. The summed E-state index contributed by atoms with van der Waals surface area (Å²) >= 11 is 3.22. The van der Waals surface area contributed by atoms with Gasteiger partial charge in [-0.25, -0.2) is 9.97 Å². The molecule has 0 fully saturated rings. The normalized spacial score (nSPS) is 10.8. The zero-order valence-corrected chi connectivity index (χ0v) is 11.8. The second-order valence-electron chi connectivity index (χ2n) is 4.00. The van der Waals surface area contributed by atoms with Crippen LogP contribution in [-0.4, -0.2) is 19.3 Å². The summed E-state index contributed by atoms with van der Waals surface area (Å²) < 4.78 is 21.2. The molecule has 0 aliphatic rings. The molecule has 0 radical (unpaired) electrons. The molecule has 0 bridgehead atoms. The fourth-order valence-corrected chi connectivity index (χ4v) is 2.13.